The number of carboxylic acids is 1. The largest absolute Gasteiger partial charge is 0.481 e. The molecule has 9 heteroatoms. The molecule has 1 aliphatic heterocycles. The van der Waals surface area contributed by atoms with Crippen molar-refractivity contribution in [2.45, 2.75) is 58.9 Å². The molecule has 0 radical (unpaired) electrons. The highest BCUT2D eigenvalue weighted by Crippen LogP contribution is 2.29. The second kappa shape index (κ2) is 15.2. The molecule has 0 fully saturated rings. The van der Waals surface area contributed by atoms with Crippen LogP contribution in [-0.4, -0.2) is 52.7 Å². The summed E-state index contributed by atoms with van der Waals surface area (Å²) in [6.07, 6.45) is 0.250. The zero-order valence-corrected chi connectivity index (χ0v) is 29.4. The summed E-state index contributed by atoms with van der Waals surface area (Å²) in [5.74, 6) is -2.05. The molecule has 2 amide bonds. The number of hydrogen-bond donors (Lipinski definition) is 1. The van der Waals surface area contributed by atoms with Gasteiger partial charge < -0.3 is 19.6 Å². The minimum Gasteiger partial charge on any atom is -0.481 e. The van der Waals surface area contributed by atoms with Gasteiger partial charge in [-0.05, 0) is 87.5 Å². The lowest BCUT2D eigenvalue weighted by molar-refractivity contribution is -0.141. The van der Waals surface area contributed by atoms with Crippen LogP contribution in [-0.2, 0) is 27.9 Å². The molecule has 0 spiro atoms. The van der Waals surface area contributed by atoms with Crippen molar-refractivity contribution in [3.63, 3.8) is 0 Å². The molecule has 0 bridgehead atoms. The highest BCUT2D eigenvalue weighted by Gasteiger charge is 2.30. The fourth-order valence-corrected chi connectivity index (χ4v) is 5.79. The van der Waals surface area contributed by atoms with Gasteiger partial charge in [-0.25, -0.2) is 4.79 Å². The van der Waals surface area contributed by atoms with E-state index in [4.69, 9.17) is 21.2 Å². The van der Waals surface area contributed by atoms with Crippen molar-refractivity contribution in [2.24, 2.45) is 5.92 Å². The third-order valence-electron chi connectivity index (χ3n) is 8.56. The number of rotatable bonds is 10. The van der Waals surface area contributed by atoms with E-state index >= 15 is 0 Å². The number of aliphatic carboxylic acids is 1. The van der Waals surface area contributed by atoms with Crippen LogP contribution in [0.25, 0.3) is 11.1 Å². The van der Waals surface area contributed by atoms with Crippen LogP contribution in [0.4, 0.5) is 4.79 Å². The molecule has 5 rings (SSSR count). The summed E-state index contributed by atoms with van der Waals surface area (Å²) in [5, 5.41) is 12.1. The van der Waals surface area contributed by atoms with Crippen LogP contribution in [0.15, 0.2) is 91.0 Å². The first-order chi connectivity index (χ1) is 23.3. The average molecular weight is 683 g/mol. The van der Waals surface area contributed by atoms with Crippen molar-refractivity contribution in [1.29, 1.82) is 0 Å². The van der Waals surface area contributed by atoms with E-state index in [1.165, 1.54) is 0 Å². The fraction of sp³-hybridized carbons (Fsp3) is 0.325. The van der Waals surface area contributed by atoms with E-state index < -0.39 is 17.8 Å². The van der Waals surface area contributed by atoms with Gasteiger partial charge in [-0.1, -0.05) is 101 Å². The molecule has 0 saturated heterocycles. The molecule has 0 aromatic heterocycles. The number of halogens is 1. The molecule has 4 aromatic carbocycles. The molecule has 256 valence electrons. The van der Waals surface area contributed by atoms with Crippen LogP contribution in [0, 0.1) is 5.92 Å². The van der Waals surface area contributed by atoms with E-state index in [1.54, 1.807) is 53.4 Å². The summed E-state index contributed by atoms with van der Waals surface area (Å²) in [5.41, 5.74) is 5.58. The maximum Gasteiger partial charge on any atom is 0.410 e. The summed E-state index contributed by atoms with van der Waals surface area (Å²) in [7, 11) is 0. The van der Waals surface area contributed by atoms with Gasteiger partial charge in [-0.2, -0.15) is 5.06 Å². The average Bonchev–Trinajstić information content (AvgIpc) is 3.08. The maximum absolute atomic E-state index is 14.2. The third kappa shape index (κ3) is 9.00. The molecule has 1 unspecified atom stereocenters. The van der Waals surface area contributed by atoms with Crippen LogP contribution < -0.4 is 4.84 Å². The van der Waals surface area contributed by atoms with Gasteiger partial charge in [0, 0.05) is 23.7 Å². The first-order valence-corrected chi connectivity index (χ1v) is 16.9. The smallest absolute Gasteiger partial charge is 0.410 e. The Hall–Kier alpha value is -4.82. The zero-order chi connectivity index (χ0) is 35.3. The van der Waals surface area contributed by atoms with Crippen molar-refractivity contribution in [3.05, 3.63) is 124 Å². The van der Waals surface area contributed by atoms with Crippen molar-refractivity contribution in [3.8, 4) is 16.9 Å². The number of benzene rings is 4. The predicted octanol–water partition coefficient (Wildman–Crippen LogP) is 8.76. The molecule has 1 heterocycles. The Balaban J connectivity index is 1.43. The van der Waals surface area contributed by atoms with Gasteiger partial charge in [0.25, 0.3) is 5.91 Å². The summed E-state index contributed by atoms with van der Waals surface area (Å²) in [6, 6.07) is 27.5. The first kappa shape index (κ1) is 35.5. The number of hydrogen-bond acceptors (Lipinski definition) is 5. The van der Waals surface area contributed by atoms with Crippen LogP contribution in [0.2, 0.25) is 5.02 Å². The summed E-state index contributed by atoms with van der Waals surface area (Å²) >= 11 is 6.05. The van der Waals surface area contributed by atoms with Crippen LogP contribution >= 0.6 is 11.6 Å². The number of nitrogens with zero attached hydrogens (tertiary/aromatic N) is 2. The minimum absolute atomic E-state index is 0.0845. The van der Waals surface area contributed by atoms with E-state index in [9.17, 15) is 19.5 Å². The predicted molar refractivity (Wildman–Crippen MR) is 191 cm³/mol. The molecule has 8 nitrogen and oxygen atoms in total. The monoisotopic (exact) mass is 682 g/mol. The van der Waals surface area contributed by atoms with Gasteiger partial charge in [-0.15, -0.1) is 0 Å². The molecule has 49 heavy (non-hydrogen) atoms. The second-order valence-electron chi connectivity index (χ2n) is 13.9. The Morgan fingerprint density at radius 3 is 2.10 bits per heavy atom. The van der Waals surface area contributed by atoms with Gasteiger partial charge in [0.1, 0.15) is 5.92 Å². The molecule has 0 aliphatic carbocycles. The van der Waals surface area contributed by atoms with E-state index in [2.05, 4.69) is 20.8 Å². The molecule has 0 saturated carbocycles. The summed E-state index contributed by atoms with van der Waals surface area (Å²) < 4.78 is 5.45. The Labute approximate surface area is 293 Å². The molecule has 1 atom stereocenters. The molecule has 1 aliphatic rings. The number of fused-ring (bicyclic) bond motifs is 1. The van der Waals surface area contributed by atoms with E-state index in [0.29, 0.717) is 48.0 Å². The van der Waals surface area contributed by atoms with Gasteiger partial charge >= 0.3 is 12.1 Å². The molecular formula is C40H43ClN2O6. The Morgan fingerprint density at radius 2 is 1.51 bits per heavy atom. The van der Waals surface area contributed by atoms with E-state index in [-0.39, 0.29) is 24.0 Å². The van der Waals surface area contributed by atoms with Crippen molar-refractivity contribution < 1.29 is 29.1 Å². The number of carboxylic acid groups (broad SMARTS) is 1. The number of carbonyl (C=O) groups is 3. The number of ether oxygens (including phenoxy) is 1. The Kier molecular flexibility index (Phi) is 11.0. The van der Waals surface area contributed by atoms with Crippen molar-refractivity contribution in [2.75, 3.05) is 19.7 Å². The highest BCUT2D eigenvalue weighted by molar-refractivity contribution is 6.30. The first-order valence-electron chi connectivity index (χ1n) is 16.5. The SMILES string of the molecule is CC(C)COC(=O)N1CCc2ccc(C(=O)N(CC(C(=O)O)c3ccc(-c4ccc(Cl)cc4)cc3)Oc3ccc(C(C)(C)C)cc3)cc2C1. The van der Waals surface area contributed by atoms with Crippen LogP contribution in [0.5, 0.6) is 5.75 Å². The molecule has 4 aromatic rings. The van der Waals surface area contributed by atoms with Gasteiger partial charge in [0.05, 0.1) is 13.2 Å². The normalized spacial score (nSPS) is 13.4. The Morgan fingerprint density at radius 1 is 0.878 bits per heavy atom. The lowest BCUT2D eigenvalue weighted by atomic mass is 9.87. The number of hydroxylamine groups is 2. The van der Waals surface area contributed by atoms with Crippen LogP contribution in [0.1, 0.15) is 73.1 Å². The van der Waals surface area contributed by atoms with Crippen molar-refractivity contribution >= 4 is 29.6 Å². The fourth-order valence-electron chi connectivity index (χ4n) is 5.67. The zero-order valence-electron chi connectivity index (χ0n) is 28.6. The molecule has 1 N–H and O–H groups in total. The van der Waals surface area contributed by atoms with Gasteiger partial charge in [-0.3, -0.25) is 9.59 Å². The van der Waals surface area contributed by atoms with Crippen molar-refractivity contribution in [1.82, 2.24) is 9.96 Å². The lowest BCUT2D eigenvalue weighted by Crippen LogP contribution is -2.40. The number of amides is 2. The van der Waals surface area contributed by atoms with Crippen LogP contribution in [0.3, 0.4) is 0 Å². The lowest BCUT2D eigenvalue weighted by Gasteiger charge is -2.29. The molecular weight excluding hydrogens is 640 g/mol. The third-order valence-corrected chi connectivity index (χ3v) is 8.82. The topological polar surface area (TPSA) is 96.4 Å². The highest BCUT2D eigenvalue weighted by atomic mass is 35.5. The summed E-state index contributed by atoms with van der Waals surface area (Å²) in [6.45, 7) is 11.2. The second-order valence-corrected chi connectivity index (χ2v) is 14.3. The van der Waals surface area contributed by atoms with E-state index in [1.807, 2.05) is 56.3 Å². The Bertz CT molecular complexity index is 1780. The van der Waals surface area contributed by atoms with E-state index in [0.717, 1.165) is 32.9 Å². The minimum atomic E-state index is -1.09. The quantitative estimate of drug-likeness (QED) is 0.168. The van der Waals surface area contributed by atoms with Gasteiger partial charge in [0.15, 0.2) is 5.75 Å². The maximum atomic E-state index is 14.2. The number of carbonyl (C=O) groups excluding carboxylic acids is 2. The standard InChI is InChI=1S/C40H43ClN2O6/c1-26(2)25-48-39(47)42-21-20-29-8-11-31(22-32(29)23-42)37(44)43(49-35-18-14-33(15-19-35)40(3,4)5)24-36(38(45)46)30-9-6-27(7-10-30)28-12-16-34(41)17-13-28/h6-19,22,26,36H,20-21,23-25H2,1-5H3,(H,45,46). The summed E-state index contributed by atoms with van der Waals surface area (Å²) in [4.78, 5) is 47.5. The van der Waals surface area contributed by atoms with Gasteiger partial charge in [0.2, 0.25) is 0 Å².